The average molecular weight is 418 g/mol. The third-order valence-electron chi connectivity index (χ3n) is 5.80. The molecule has 1 saturated heterocycles. The van der Waals surface area contributed by atoms with E-state index >= 15 is 4.39 Å². The van der Waals surface area contributed by atoms with Crippen LogP contribution in [-0.2, 0) is 16.1 Å². The zero-order valence-corrected chi connectivity index (χ0v) is 16.8. The average Bonchev–Trinajstić information content (AvgIpc) is 3.28. The first-order valence-corrected chi connectivity index (χ1v) is 10.0. The highest BCUT2D eigenvalue weighted by Gasteiger charge is 2.39. The fourth-order valence-electron chi connectivity index (χ4n) is 4.24. The van der Waals surface area contributed by atoms with Gasteiger partial charge in [-0.05, 0) is 43.2 Å². The van der Waals surface area contributed by atoms with Gasteiger partial charge in [0.2, 0.25) is 11.8 Å². The minimum absolute atomic E-state index is 0.173. The summed E-state index contributed by atoms with van der Waals surface area (Å²) in [6, 6.07) is 11.7. The molecule has 3 amide bonds. The van der Waals surface area contributed by atoms with E-state index in [9.17, 15) is 14.4 Å². The van der Waals surface area contributed by atoms with Crippen LogP contribution in [0, 0.1) is 12.7 Å². The summed E-state index contributed by atoms with van der Waals surface area (Å²) >= 11 is 0. The normalized spacial score (nSPS) is 18.3. The number of imide groups is 1. The van der Waals surface area contributed by atoms with Crippen molar-refractivity contribution in [3.05, 3.63) is 71.4 Å². The summed E-state index contributed by atoms with van der Waals surface area (Å²) in [5.41, 5.74) is 2.56. The molecule has 5 rings (SSSR count). The van der Waals surface area contributed by atoms with Crippen LogP contribution in [0.5, 0.6) is 0 Å². The molecule has 2 aliphatic heterocycles. The molecule has 7 nitrogen and oxygen atoms in total. The predicted octanol–water partition coefficient (Wildman–Crippen LogP) is 2.75. The smallest absolute Gasteiger partial charge is 0.255 e. The molecule has 2 aliphatic rings. The van der Waals surface area contributed by atoms with Crippen molar-refractivity contribution in [2.45, 2.75) is 32.4 Å². The fourth-order valence-corrected chi connectivity index (χ4v) is 4.24. The Morgan fingerprint density at radius 2 is 1.87 bits per heavy atom. The Bertz CT molecular complexity index is 1240. The van der Waals surface area contributed by atoms with Gasteiger partial charge in [0, 0.05) is 36.0 Å². The van der Waals surface area contributed by atoms with Gasteiger partial charge in [0.05, 0.1) is 5.69 Å². The SMILES string of the molecule is Cc1nc(-c2cc3c(cc2F)C(=O)N(C2CCC(=O)NC2=O)C3)cn1-c1ccccc1. The molecule has 31 heavy (non-hydrogen) atoms. The zero-order chi connectivity index (χ0) is 21.7. The third kappa shape index (κ3) is 3.20. The van der Waals surface area contributed by atoms with Gasteiger partial charge in [-0.1, -0.05) is 18.2 Å². The lowest BCUT2D eigenvalue weighted by Gasteiger charge is -2.29. The van der Waals surface area contributed by atoms with Crippen molar-refractivity contribution in [1.29, 1.82) is 0 Å². The van der Waals surface area contributed by atoms with E-state index in [0.717, 1.165) is 5.69 Å². The van der Waals surface area contributed by atoms with Crippen molar-refractivity contribution in [1.82, 2.24) is 19.8 Å². The number of carbonyl (C=O) groups is 3. The van der Waals surface area contributed by atoms with Crippen LogP contribution < -0.4 is 5.32 Å². The van der Waals surface area contributed by atoms with Crippen LogP contribution in [0.2, 0.25) is 0 Å². The quantitative estimate of drug-likeness (QED) is 0.663. The summed E-state index contributed by atoms with van der Waals surface area (Å²) in [6.07, 6.45) is 2.21. The number of fused-ring (bicyclic) bond motifs is 1. The van der Waals surface area contributed by atoms with Crippen LogP contribution in [0.25, 0.3) is 16.9 Å². The first-order chi connectivity index (χ1) is 14.9. The molecule has 0 spiro atoms. The lowest BCUT2D eigenvalue weighted by molar-refractivity contribution is -0.136. The second kappa shape index (κ2) is 7.16. The largest absolute Gasteiger partial charge is 0.322 e. The number of aromatic nitrogens is 2. The van der Waals surface area contributed by atoms with E-state index in [2.05, 4.69) is 10.3 Å². The van der Waals surface area contributed by atoms with E-state index in [-0.39, 0.29) is 30.9 Å². The van der Waals surface area contributed by atoms with Crippen LogP contribution in [0.3, 0.4) is 0 Å². The number of para-hydroxylation sites is 1. The summed E-state index contributed by atoms with van der Waals surface area (Å²) in [7, 11) is 0. The molecule has 1 aromatic heterocycles. The van der Waals surface area contributed by atoms with Crippen molar-refractivity contribution in [2.75, 3.05) is 0 Å². The molecule has 1 unspecified atom stereocenters. The second-order valence-corrected chi connectivity index (χ2v) is 7.77. The number of piperidine rings is 1. The number of nitrogens with one attached hydrogen (secondary N) is 1. The van der Waals surface area contributed by atoms with Crippen molar-refractivity contribution in [2.24, 2.45) is 0 Å². The Kier molecular flexibility index (Phi) is 4.43. The monoisotopic (exact) mass is 418 g/mol. The van der Waals surface area contributed by atoms with E-state index in [1.54, 1.807) is 12.3 Å². The highest BCUT2D eigenvalue weighted by atomic mass is 19.1. The number of aryl methyl sites for hydroxylation is 1. The first-order valence-electron chi connectivity index (χ1n) is 10.0. The lowest BCUT2D eigenvalue weighted by Crippen LogP contribution is -2.52. The van der Waals surface area contributed by atoms with Gasteiger partial charge in [0.1, 0.15) is 17.7 Å². The summed E-state index contributed by atoms with van der Waals surface area (Å²) < 4.78 is 16.9. The van der Waals surface area contributed by atoms with Crippen molar-refractivity contribution in [3.8, 4) is 16.9 Å². The Morgan fingerprint density at radius 3 is 2.61 bits per heavy atom. The number of hydrogen-bond donors (Lipinski definition) is 1. The van der Waals surface area contributed by atoms with Crippen LogP contribution in [-0.4, -0.2) is 38.2 Å². The van der Waals surface area contributed by atoms with Gasteiger partial charge >= 0.3 is 0 Å². The number of carbonyl (C=O) groups excluding carboxylic acids is 3. The molecule has 0 saturated carbocycles. The Balaban J connectivity index is 1.48. The minimum Gasteiger partial charge on any atom is -0.322 e. The topological polar surface area (TPSA) is 84.3 Å². The summed E-state index contributed by atoms with van der Waals surface area (Å²) in [5.74, 6) is -1.07. The molecule has 2 aromatic carbocycles. The van der Waals surface area contributed by atoms with E-state index in [1.165, 1.54) is 11.0 Å². The number of imidazole rings is 1. The molecule has 3 heterocycles. The maximum atomic E-state index is 15.0. The predicted molar refractivity (Wildman–Crippen MR) is 110 cm³/mol. The number of hydrogen-bond acceptors (Lipinski definition) is 4. The van der Waals surface area contributed by atoms with Gasteiger partial charge in [0.25, 0.3) is 5.91 Å². The molecule has 0 aliphatic carbocycles. The van der Waals surface area contributed by atoms with E-state index in [4.69, 9.17) is 0 Å². The third-order valence-corrected chi connectivity index (χ3v) is 5.80. The van der Waals surface area contributed by atoms with Crippen LogP contribution in [0.4, 0.5) is 4.39 Å². The van der Waals surface area contributed by atoms with E-state index in [0.29, 0.717) is 22.6 Å². The summed E-state index contributed by atoms with van der Waals surface area (Å²) in [6.45, 7) is 2.03. The van der Waals surface area contributed by atoms with Gasteiger partial charge in [-0.3, -0.25) is 19.7 Å². The summed E-state index contributed by atoms with van der Waals surface area (Å²) in [5, 5.41) is 2.27. The summed E-state index contributed by atoms with van der Waals surface area (Å²) in [4.78, 5) is 42.4. The van der Waals surface area contributed by atoms with Crippen LogP contribution in [0.15, 0.2) is 48.7 Å². The number of nitrogens with zero attached hydrogens (tertiary/aromatic N) is 3. The molecule has 3 aromatic rings. The minimum atomic E-state index is -0.733. The number of amides is 3. The molecule has 1 fully saturated rings. The Hall–Kier alpha value is -3.81. The fraction of sp³-hybridized carbons (Fsp3) is 0.217. The number of rotatable bonds is 3. The van der Waals surface area contributed by atoms with Crippen molar-refractivity contribution < 1.29 is 18.8 Å². The lowest BCUT2D eigenvalue weighted by atomic mass is 10.0. The van der Waals surface area contributed by atoms with Gasteiger partial charge in [-0.25, -0.2) is 9.37 Å². The maximum absolute atomic E-state index is 15.0. The number of halogens is 1. The molecular weight excluding hydrogens is 399 g/mol. The zero-order valence-electron chi connectivity index (χ0n) is 16.8. The molecule has 0 radical (unpaired) electrons. The highest BCUT2D eigenvalue weighted by Crippen LogP contribution is 2.33. The molecule has 156 valence electrons. The standard InChI is InChI=1S/C23H19FN4O3/c1-13-25-19(12-27(13)15-5-3-2-4-6-15)17-9-14-11-28(23(31)16(14)10-18(17)24)20-7-8-21(29)26-22(20)30/h2-6,9-10,12,20H,7-8,11H2,1H3,(H,26,29,30). The molecule has 1 N–H and O–H groups in total. The van der Waals surface area contributed by atoms with E-state index in [1.807, 2.05) is 41.8 Å². The van der Waals surface area contributed by atoms with Crippen molar-refractivity contribution in [3.63, 3.8) is 0 Å². The van der Waals surface area contributed by atoms with Gasteiger partial charge in [-0.2, -0.15) is 0 Å². The molecule has 1 atom stereocenters. The van der Waals surface area contributed by atoms with Crippen LogP contribution in [0.1, 0.15) is 34.6 Å². The second-order valence-electron chi connectivity index (χ2n) is 7.77. The number of benzene rings is 2. The molecule has 8 heteroatoms. The van der Waals surface area contributed by atoms with E-state index < -0.39 is 23.7 Å². The Morgan fingerprint density at radius 1 is 1.10 bits per heavy atom. The molecular formula is C23H19FN4O3. The molecule has 0 bridgehead atoms. The van der Waals surface area contributed by atoms with Crippen LogP contribution >= 0.6 is 0 Å². The maximum Gasteiger partial charge on any atom is 0.255 e. The highest BCUT2D eigenvalue weighted by molar-refractivity contribution is 6.05. The van der Waals surface area contributed by atoms with Gasteiger partial charge in [0.15, 0.2) is 0 Å². The van der Waals surface area contributed by atoms with Gasteiger partial charge < -0.3 is 9.47 Å². The van der Waals surface area contributed by atoms with Crippen molar-refractivity contribution >= 4 is 17.7 Å². The first kappa shape index (κ1) is 19.2. The van der Waals surface area contributed by atoms with Gasteiger partial charge in [-0.15, -0.1) is 0 Å². The Labute approximate surface area is 177 Å².